The smallest absolute Gasteiger partial charge is 0.271 e. The van der Waals surface area contributed by atoms with Crippen LogP contribution in [0.4, 0.5) is 11.4 Å². The molecular formula is C20H20N4O3. The van der Waals surface area contributed by atoms with Crippen LogP contribution in [0.2, 0.25) is 0 Å². The molecule has 138 valence electrons. The lowest BCUT2D eigenvalue weighted by Crippen LogP contribution is -2.23. The van der Waals surface area contributed by atoms with Crippen LogP contribution in [0, 0.1) is 10.1 Å². The van der Waals surface area contributed by atoms with E-state index in [1.807, 2.05) is 25.3 Å². The number of amides is 1. The summed E-state index contributed by atoms with van der Waals surface area (Å²) in [5.41, 5.74) is 5.96. The van der Waals surface area contributed by atoms with Gasteiger partial charge in [0.05, 0.1) is 4.92 Å². The number of para-hydroxylation sites is 1. The molecule has 3 rings (SSSR count). The second-order valence-electron chi connectivity index (χ2n) is 6.78. The minimum atomic E-state index is -0.510. The van der Waals surface area contributed by atoms with Gasteiger partial charge in [-0.05, 0) is 29.8 Å². The van der Waals surface area contributed by atoms with Gasteiger partial charge in [-0.25, -0.2) is 5.43 Å². The number of rotatable bonds is 4. The number of nitrogens with one attached hydrogen (secondary N) is 1. The van der Waals surface area contributed by atoms with Gasteiger partial charge in [-0.15, -0.1) is 0 Å². The van der Waals surface area contributed by atoms with Crippen molar-refractivity contribution < 1.29 is 9.72 Å². The van der Waals surface area contributed by atoms with Crippen LogP contribution < -0.4 is 10.3 Å². The molecule has 27 heavy (non-hydrogen) atoms. The summed E-state index contributed by atoms with van der Waals surface area (Å²) in [6.45, 7) is 4.29. The van der Waals surface area contributed by atoms with Gasteiger partial charge in [0.2, 0.25) is 0 Å². The van der Waals surface area contributed by atoms with Crippen LogP contribution in [-0.4, -0.2) is 24.1 Å². The SMILES string of the molecule is CN1/C(=C/C=N/NC(=O)c2ccc([N+](=O)[O-])cc2)C(C)(C)c2ccccc21. The number of nitro benzene ring substituents is 1. The summed E-state index contributed by atoms with van der Waals surface area (Å²) in [5, 5.41) is 14.6. The van der Waals surface area contributed by atoms with Gasteiger partial charge < -0.3 is 4.90 Å². The summed E-state index contributed by atoms with van der Waals surface area (Å²) in [6, 6.07) is 13.6. The van der Waals surface area contributed by atoms with E-state index in [-0.39, 0.29) is 11.1 Å². The number of carbonyl (C=O) groups excluding carboxylic acids is 1. The van der Waals surface area contributed by atoms with Gasteiger partial charge in [-0.1, -0.05) is 32.0 Å². The minimum Gasteiger partial charge on any atom is -0.347 e. The van der Waals surface area contributed by atoms with Crippen molar-refractivity contribution in [3.8, 4) is 0 Å². The lowest BCUT2D eigenvalue weighted by atomic mass is 9.84. The number of benzene rings is 2. The monoisotopic (exact) mass is 364 g/mol. The highest BCUT2D eigenvalue weighted by Crippen LogP contribution is 2.46. The van der Waals surface area contributed by atoms with Crippen molar-refractivity contribution in [3.05, 3.63) is 81.5 Å². The zero-order chi connectivity index (χ0) is 19.6. The quantitative estimate of drug-likeness (QED) is 0.510. The summed E-state index contributed by atoms with van der Waals surface area (Å²) in [5.74, 6) is -0.429. The second-order valence-corrected chi connectivity index (χ2v) is 6.78. The number of carbonyl (C=O) groups is 1. The van der Waals surface area contributed by atoms with Gasteiger partial charge in [-0.2, -0.15) is 5.10 Å². The van der Waals surface area contributed by atoms with Crippen LogP contribution >= 0.6 is 0 Å². The van der Waals surface area contributed by atoms with E-state index in [1.54, 1.807) is 6.21 Å². The number of anilines is 1. The fourth-order valence-electron chi connectivity index (χ4n) is 3.30. The topological polar surface area (TPSA) is 87.8 Å². The zero-order valence-electron chi connectivity index (χ0n) is 15.3. The number of nitrogens with zero attached hydrogens (tertiary/aromatic N) is 3. The molecule has 7 nitrogen and oxygen atoms in total. The maximum absolute atomic E-state index is 12.1. The largest absolute Gasteiger partial charge is 0.347 e. The summed E-state index contributed by atoms with van der Waals surface area (Å²) in [7, 11) is 2.00. The van der Waals surface area contributed by atoms with Gasteiger partial charge >= 0.3 is 0 Å². The zero-order valence-corrected chi connectivity index (χ0v) is 15.3. The first-order valence-corrected chi connectivity index (χ1v) is 8.44. The molecule has 0 saturated heterocycles. The normalized spacial score (nSPS) is 16.6. The number of hydrazone groups is 1. The van der Waals surface area contributed by atoms with Crippen LogP contribution in [0.5, 0.6) is 0 Å². The highest BCUT2D eigenvalue weighted by molar-refractivity contribution is 5.94. The Kier molecular flexibility index (Phi) is 4.77. The van der Waals surface area contributed by atoms with E-state index >= 15 is 0 Å². The van der Waals surface area contributed by atoms with Crippen LogP contribution in [0.1, 0.15) is 29.8 Å². The van der Waals surface area contributed by atoms with Crippen molar-refractivity contribution in [2.45, 2.75) is 19.3 Å². The molecule has 0 saturated carbocycles. The van der Waals surface area contributed by atoms with E-state index in [4.69, 9.17) is 0 Å². The summed E-state index contributed by atoms with van der Waals surface area (Å²) in [4.78, 5) is 24.3. The Morgan fingerprint density at radius 2 is 1.85 bits per heavy atom. The molecular weight excluding hydrogens is 344 g/mol. The first kappa shape index (κ1) is 18.3. The fourth-order valence-corrected chi connectivity index (χ4v) is 3.30. The van der Waals surface area contributed by atoms with Gasteiger partial charge in [0.15, 0.2) is 0 Å². The van der Waals surface area contributed by atoms with E-state index < -0.39 is 10.8 Å². The lowest BCUT2D eigenvalue weighted by molar-refractivity contribution is -0.384. The van der Waals surface area contributed by atoms with Crippen LogP contribution in [0.3, 0.4) is 0 Å². The molecule has 0 spiro atoms. The number of non-ortho nitro benzene ring substituents is 1. The van der Waals surface area contributed by atoms with E-state index in [9.17, 15) is 14.9 Å². The van der Waals surface area contributed by atoms with Crippen molar-refractivity contribution in [3.63, 3.8) is 0 Å². The van der Waals surface area contributed by atoms with E-state index in [2.05, 4.69) is 41.4 Å². The van der Waals surface area contributed by atoms with E-state index in [0.717, 1.165) is 11.4 Å². The molecule has 7 heteroatoms. The molecule has 0 aliphatic carbocycles. The Hall–Kier alpha value is -3.48. The first-order valence-electron chi connectivity index (χ1n) is 8.44. The number of allylic oxidation sites excluding steroid dienone is 2. The first-order chi connectivity index (χ1) is 12.8. The van der Waals surface area contributed by atoms with E-state index in [1.165, 1.54) is 29.8 Å². The van der Waals surface area contributed by atoms with Gasteiger partial charge in [0, 0.05) is 47.8 Å². The molecule has 0 aromatic heterocycles. The third kappa shape index (κ3) is 3.44. The molecule has 0 radical (unpaired) electrons. The molecule has 1 heterocycles. The molecule has 1 aliphatic heterocycles. The van der Waals surface area contributed by atoms with Gasteiger partial charge in [-0.3, -0.25) is 14.9 Å². The summed E-state index contributed by atoms with van der Waals surface area (Å²) >= 11 is 0. The highest BCUT2D eigenvalue weighted by atomic mass is 16.6. The number of hydrogen-bond donors (Lipinski definition) is 1. The molecule has 2 aromatic rings. The maximum Gasteiger partial charge on any atom is 0.271 e. The molecule has 1 N–H and O–H groups in total. The second kappa shape index (κ2) is 7.03. The van der Waals surface area contributed by atoms with Crippen molar-refractivity contribution >= 4 is 23.5 Å². The third-order valence-electron chi connectivity index (χ3n) is 4.75. The summed E-state index contributed by atoms with van der Waals surface area (Å²) < 4.78 is 0. The van der Waals surface area contributed by atoms with Crippen molar-refractivity contribution in [1.29, 1.82) is 0 Å². The number of likely N-dealkylation sites (N-methyl/N-ethyl adjacent to an activating group) is 1. The Morgan fingerprint density at radius 1 is 1.19 bits per heavy atom. The number of nitro groups is 1. The predicted octanol–water partition coefficient (Wildman–Crippen LogP) is 3.62. The Morgan fingerprint density at radius 3 is 2.48 bits per heavy atom. The molecule has 0 bridgehead atoms. The standard InChI is InChI=1S/C20H20N4O3/c1-20(2)16-6-4-5-7-17(16)23(3)18(20)12-13-21-22-19(25)14-8-10-15(11-9-14)24(26)27/h4-13H,1-3H3,(H,22,25)/b18-12+,21-13+. The van der Waals surface area contributed by atoms with Crippen molar-refractivity contribution in [2.24, 2.45) is 5.10 Å². The fraction of sp³-hybridized carbons (Fsp3) is 0.200. The van der Waals surface area contributed by atoms with Crippen LogP contribution in [0.15, 0.2) is 65.4 Å². The lowest BCUT2D eigenvalue weighted by Gasteiger charge is -2.23. The third-order valence-corrected chi connectivity index (χ3v) is 4.75. The average Bonchev–Trinajstić information content (AvgIpc) is 2.85. The molecule has 0 fully saturated rings. The molecule has 0 atom stereocenters. The Bertz CT molecular complexity index is 946. The summed E-state index contributed by atoms with van der Waals surface area (Å²) in [6.07, 6.45) is 3.42. The minimum absolute atomic E-state index is 0.0640. The molecule has 1 aliphatic rings. The van der Waals surface area contributed by atoms with Crippen LogP contribution in [-0.2, 0) is 5.41 Å². The van der Waals surface area contributed by atoms with Crippen molar-refractivity contribution in [2.75, 3.05) is 11.9 Å². The number of fused-ring (bicyclic) bond motifs is 1. The van der Waals surface area contributed by atoms with Crippen molar-refractivity contribution in [1.82, 2.24) is 5.43 Å². The molecule has 0 unspecified atom stereocenters. The average molecular weight is 364 g/mol. The predicted molar refractivity (Wildman–Crippen MR) is 105 cm³/mol. The highest BCUT2D eigenvalue weighted by Gasteiger charge is 2.37. The molecule has 2 aromatic carbocycles. The van der Waals surface area contributed by atoms with Gasteiger partial charge in [0.1, 0.15) is 0 Å². The van der Waals surface area contributed by atoms with Gasteiger partial charge in [0.25, 0.3) is 11.6 Å². The van der Waals surface area contributed by atoms with Crippen LogP contribution in [0.25, 0.3) is 0 Å². The number of hydrogen-bond acceptors (Lipinski definition) is 5. The van der Waals surface area contributed by atoms with E-state index in [0.29, 0.717) is 5.56 Å². The Labute approximate surface area is 157 Å². The maximum atomic E-state index is 12.1. The Balaban J connectivity index is 1.70. The molecule has 1 amide bonds.